The van der Waals surface area contributed by atoms with Gasteiger partial charge in [0.15, 0.2) is 0 Å². The van der Waals surface area contributed by atoms with E-state index >= 15 is 0 Å². The molecule has 1 saturated heterocycles. The average Bonchev–Trinajstić information content (AvgIpc) is 3.53. The number of thiazole rings is 1. The minimum absolute atomic E-state index is 0.132. The third kappa shape index (κ3) is 11.2. The molecule has 0 unspecified atom stereocenters. The number of hydrogen-bond donors (Lipinski definition) is 3. The summed E-state index contributed by atoms with van der Waals surface area (Å²) in [6.45, 7) is 4.13. The van der Waals surface area contributed by atoms with Gasteiger partial charge in [0.25, 0.3) is 0 Å². The van der Waals surface area contributed by atoms with Crippen molar-refractivity contribution in [2.75, 3.05) is 32.8 Å². The number of nitrogens with one attached hydrogen (secondary N) is 2. The van der Waals surface area contributed by atoms with Crippen LogP contribution >= 0.6 is 11.3 Å². The van der Waals surface area contributed by atoms with Crippen molar-refractivity contribution in [1.82, 2.24) is 20.5 Å². The summed E-state index contributed by atoms with van der Waals surface area (Å²) in [7, 11) is 0. The van der Waals surface area contributed by atoms with Crippen molar-refractivity contribution in [1.29, 1.82) is 0 Å². The van der Waals surface area contributed by atoms with E-state index in [4.69, 9.17) is 15.2 Å². The van der Waals surface area contributed by atoms with E-state index in [2.05, 4.69) is 32.7 Å². The largest absolute Gasteiger partial charge is 0.444 e. The first-order valence-corrected chi connectivity index (χ1v) is 15.2. The van der Waals surface area contributed by atoms with Crippen LogP contribution in [0.2, 0.25) is 0 Å². The first-order chi connectivity index (χ1) is 20.0. The van der Waals surface area contributed by atoms with Gasteiger partial charge in [0.2, 0.25) is 5.91 Å². The lowest BCUT2D eigenvalue weighted by Crippen LogP contribution is -2.48. The van der Waals surface area contributed by atoms with Crippen molar-refractivity contribution in [2.45, 2.75) is 56.8 Å². The maximum Gasteiger partial charge on any atom is 0.407 e. The SMILES string of the molecule is N[C@@H](CCN1CCOCC1)C(=O)N[C@H](CC[C@H](Cc1ccccc1)NC(=O)OCc1cncs1)Cc1ccccc1. The number of aromatic nitrogens is 1. The van der Waals surface area contributed by atoms with E-state index in [9.17, 15) is 9.59 Å². The van der Waals surface area contributed by atoms with Crippen molar-refractivity contribution in [3.63, 3.8) is 0 Å². The molecule has 0 bridgehead atoms. The zero-order chi connectivity index (χ0) is 28.7. The molecule has 2 aromatic carbocycles. The second-order valence-electron chi connectivity index (χ2n) is 10.4. The van der Waals surface area contributed by atoms with Crippen molar-refractivity contribution >= 4 is 23.3 Å². The number of alkyl carbamates (subject to hydrolysis) is 1. The number of ether oxygens (including phenoxy) is 2. The van der Waals surface area contributed by atoms with Gasteiger partial charge in [0.1, 0.15) is 6.61 Å². The molecule has 9 nitrogen and oxygen atoms in total. The molecular formula is C31H41N5O4S. The fraction of sp³-hybridized carbons (Fsp3) is 0.452. The standard InChI is InChI=1S/C31H41N5O4S/c32-29(13-14-36-15-17-39-18-16-36)30(37)34-26(19-24-7-3-1-4-8-24)11-12-27(20-25-9-5-2-6-10-25)35-31(38)40-22-28-21-33-23-41-28/h1-10,21,23,26-27,29H,11-20,22,32H2,(H,34,37)(H,35,38)/t26-,27-,29+/m1/s1. The summed E-state index contributed by atoms with van der Waals surface area (Å²) in [6.07, 6.45) is 4.48. The van der Waals surface area contributed by atoms with Gasteiger partial charge in [-0.05, 0) is 43.2 Å². The highest BCUT2D eigenvalue weighted by Crippen LogP contribution is 2.14. The smallest absolute Gasteiger partial charge is 0.407 e. The summed E-state index contributed by atoms with van der Waals surface area (Å²) in [6, 6.07) is 19.3. The zero-order valence-electron chi connectivity index (χ0n) is 23.5. The Bertz CT molecular complexity index is 1160. The number of carbonyl (C=O) groups is 2. The van der Waals surface area contributed by atoms with Crippen LogP contribution in [0.25, 0.3) is 0 Å². The summed E-state index contributed by atoms with van der Waals surface area (Å²) < 4.78 is 10.9. The molecule has 2 heterocycles. The van der Waals surface area contributed by atoms with Crippen LogP contribution in [0, 0.1) is 0 Å². The molecule has 0 spiro atoms. The molecule has 2 amide bonds. The maximum atomic E-state index is 13.2. The van der Waals surface area contributed by atoms with Gasteiger partial charge in [-0.25, -0.2) is 4.79 Å². The van der Waals surface area contributed by atoms with Crippen molar-refractivity contribution in [3.05, 3.63) is 88.4 Å². The molecule has 3 aromatic rings. The van der Waals surface area contributed by atoms with E-state index < -0.39 is 12.1 Å². The molecule has 1 aromatic heterocycles. The summed E-state index contributed by atoms with van der Waals surface area (Å²) in [5.41, 5.74) is 10.3. The molecule has 220 valence electrons. The Kier molecular flexibility index (Phi) is 12.6. The van der Waals surface area contributed by atoms with Crippen LogP contribution in [0.15, 0.2) is 72.4 Å². The molecule has 1 aliphatic rings. The Morgan fingerprint density at radius 2 is 1.54 bits per heavy atom. The third-order valence-corrected chi connectivity index (χ3v) is 7.96. The lowest BCUT2D eigenvalue weighted by Gasteiger charge is -2.28. The lowest BCUT2D eigenvalue weighted by molar-refractivity contribution is -0.123. The highest BCUT2D eigenvalue weighted by atomic mass is 32.1. The Hall–Kier alpha value is -3.31. The predicted octanol–water partition coefficient (Wildman–Crippen LogP) is 3.54. The number of benzene rings is 2. The molecule has 10 heteroatoms. The van der Waals surface area contributed by atoms with Crippen LogP contribution in [-0.2, 0) is 33.7 Å². The van der Waals surface area contributed by atoms with Gasteiger partial charge >= 0.3 is 6.09 Å². The minimum Gasteiger partial charge on any atom is -0.444 e. The molecule has 4 N–H and O–H groups in total. The number of rotatable bonds is 15. The van der Waals surface area contributed by atoms with E-state index in [1.807, 2.05) is 48.5 Å². The van der Waals surface area contributed by atoms with Crippen molar-refractivity contribution < 1.29 is 19.1 Å². The second-order valence-corrected chi connectivity index (χ2v) is 11.4. The Labute approximate surface area is 246 Å². The third-order valence-electron chi connectivity index (χ3n) is 7.21. The first-order valence-electron chi connectivity index (χ1n) is 14.3. The van der Waals surface area contributed by atoms with Crippen LogP contribution in [0.1, 0.15) is 35.3 Å². The molecule has 1 fully saturated rings. The normalized spacial score (nSPS) is 15.9. The van der Waals surface area contributed by atoms with Gasteiger partial charge < -0.3 is 25.8 Å². The van der Waals surface area contributed by atoms with Crippen LogP contribution in [0.5, 0.6) is 0 Å². The number of hydrogen-bond acceptors (Lipinski definition) is 8. The second kappa shape index (κ2) is 16.8. The Morgan fingerprint density at radius 3 is 2.12 bits per heavy atom. The summed E-state index contributed by atoms with van der Waals surface area (Å²) >= 11 is 1.45. The van der Waals surface area contributed by atoms with Crippen molar-refractivity contribution in [2.24, 2.45) is 5.73 Å². The van der Waals surface area contributed by atoms with E-state index in [1.165, 1.54) is 11.3 Å². The predicted molar refractivity (Wildman–Crippen MR) is 161 cm³/mol. The highest BCUT2D eigenvalue weighted by Gasteiger charge is 2.22. The molecule has 0 aliphatic carbocycles. The van der Waals surface area contributed by atoms with E-state index in [0.29, 0.717) is 32.1 Å². The highest BCUT2D eigenvalue weighted by molar-refractivity contribution is 7.09. The molecular weight excluding hydrogens is 538 g/mol. The molecule has 3 atom stereocenters. The van der Waals surface area contributed by atoms with Crippen molar-refractivity contribution in [3.8, 4) is 0 Å². The molecule has 0 saturated carbocycles. The number of nitrogens with two attached hydrogens (primary N) is 1. The fourth-order valence-corrected chi connectivity index (χ4v) is 5.40. The Morgan fingerprint density at radius 1 is 0.927 bits per heavy atom. The van der Waals surface area contributed by atoms with E-state index in [-0.39, 0.29) is 24.6 Å². The first kappa shape index (κ1) is 30.6. The summed E-state index contributed by atoms with van der Waals surface area (Å²) in [5.74, 6) is -0.143. The summed E-state index contributed by atoms with van der Waals surface area (Å²) in [4.78, 5) is 33.0. The number of amides is 2. The molecule has 41 heavy (non-hydrogen) atoms. The van der Waals surface area contributed by atoms with Crippen LogP contribution < -0.4 is 16.4 Å². The number of carbonyl (C=O) groups excluding carboxylic acids is 2. The minimum atomic E-state index is -0.587. The number of nitrogens with zero attached hydrogens (tertiary/aromatic N) is 2. The zero-order valence-corrected chi connectivity index (χ0v) is 24.3. The quantitative estimate of drug-likeness (QED) is 0.252. The Balaban J connectivity index is 1.36. The van der Waals surface area contributed by atoms with E-state index in [1.54, 1.807) is 11.7 Å². The van der Waals surface area contributed by atoms with Gasteiger partial charge in [-0.3, -0.25) is 14.7 Å². The molecule has 0 radical (unpaired) electrons. The molecule has 4 rings (SSSR count). The topological polar surface area (TPSA) is 119 Å². The monoisotopic (exact) mass is 579 g/mol. The van der Waals surface area contributed by atoms with Crippen LogP contribution in [0.3, 0.4) is 0 Å². The van der Waals surface area contributed by atoms with E-state index in [0.717, 1.165) is 48.9 Å². The molecule has 1 aliphatic heterocycles. The maximum absolute atomic E-state index is 13.2. The number of morpholine rings is 1. The van der Waals surface area contributed by atoms with Gasteiger partial charge in [-0.15, -0.1) is 11.3 Å². The van der Waals surface area contributed by atoms with Crippen LogP contribution in [0.4, 0.5) is 4.79 Å². The van der Waals surface area contributed by atoms with Gasteiger partial charge in [-0.1, -0.05) is 60.7 Å². The lowest BCUT2D eigenvalue weighted by atomic mass is 9.95. The summed E-state index contributed by atoms with van der Waals surface area (Å²) in [5, 5.41) is 6.26. The van der Waals surface area contributed by atoms with Gasteiger partial charge in [0, 0.05) is 37.9 Å². The van der Waals surface area contributed by atoms with Gasteiger partial charge in [-0.2, -0.15) is 0 Å². The average molecular weight is 580 g/mol. The fourth-order valence-electron chi connectivity index (χ4n) is 4.89. The van der Waals surface area contributed by atoms with Gasteiger partial charge in [0.05, 0.1) is 29.6 Å². The van der Waals surface area contributed by atoms with Crippen LogP contribution in [-0.4, -0.2) is 72.9 Å².